The molecule has 4 nitrogen and oxygen atoms in total. The van der Waals surface area contributed by atoms with Crippen molar-refractivity contribution in [2.45, 2.75) is 0 Å². The van der Waals surface area contributed by atoms with E-state index in [1.807, 2.05) is 0 Å². The van der Waals surface area contributed by atoms with Gasteiger partial charge in [0, 0.05) is 5.56 Å². The molecule has 0 aliphatic heterocycles. The van der Waals surface area contributed by atoms with Crippen LogP contribution in [-0.4, -0.2) is 10.1 Å². The average molecular weight is 291 g/mol. The van der Waals surface area contributed by atoms with Crippen molar-refractivity contribution >= 4 is 12.2 Å². The smallest absolute Gasteiger partial charge is 0.258 e. The van der Waals surface area contributed by atoms with E-state index < -0.39 is 0 Å². The number of benzene rings is 2. The lowest BCUT2D eigenvalue weighted by atomic mass is 10.1. The largest absolute Gasteiger partial charge is 0.334 e. The Balaban J connectivity index is 1.81. The molecular formula is C17H10FN3O. The Morgan fingerprint density at radius 3 is 2.68 bits per heavy atom. The van der Waals surface area contributed by atoms with E-state index in [-0.39, 0.29) is 5.82 Å². The molecule has 0 unspecified atom stereocenters. The lowest BCUT2D eigenvalue weighted by Crippen LogP contribution is -1.80. The lowest BCUT2D eigenvalue weighted by molar-refractivity contribution is 0.429. The quantitative estimate of drug-likeness (QED) is 0.733. The van der Waals surface area contributed by atoms with Gasteiger partial charge >= 0.3 is 0 Å². The van der Waals surface area contributed by atoms with Crippen LogP contribution in [0.2, 0.25) is 0 Å². The molecule has 0 aliphatic carbocycles. The Morgan fingerprint density at radius 2 is 1.91 bits per heavy atom. The van der Waals surface area contributed by atoms with Gasteiger partial charge in [-0.2, -0.15) is 10.2 Å². The maximum Gasteiger partial charge on any atom is 0.258 e. The summed E-state index contributed by atoms with van der Waals surface area (Å²) >= 11 is 0. The Kier molecular flexibility index (Phi) is 3.75. The predicted molar refractivity (Wildman–Crippen MR) is 79.8 cm³/mol. The lowest BCUT2D eigenvalue weighted by Gasteiger charge is -1.93. The molecule has 0 spiro atoms. The van der Waals surface area contributed by atoms with E-state index >= 15 is 0 Å². The summed E-state index contributed by atoms with van der Waals surface area (Å²) in [5.74, 6) is 0.467. The molecule has 0 amide bonds. The van der Waals surface area contributed by atoms with Crippen molar-refractivity contribution in [2.75, 3.05) is 0 Å². The molecule has 106 valence electrons. The second-order valence-corrected chi connectivity index (χ2v) is 4.54. The van der Waals surface area contributed by atoms with Gasteiger partial charge < -0.3 is 4.52 Å². The van der Waals surface area contributed by atoms with E-state index in [9.17, 15) is 4.39 Å². The highest BCUT2D eigenvalue weighted by molar-refractivity contribution is 5.67. The van der Waals surface area contributed by atoms with Gasteiger partial charge in [0.1, 0.15) is 5.82 Å². The Labute approximate surface area is 126 Å². The Hall–Kier alpha value is -3.26. The molecule has 0 saturated carbocycles. The van der Waals surface area contributed by atoms with E-state index in [2.05, 4.69) is 16.2 Å². The first kappa shape index (κ1) is 13.7. The van der Waals surface area contributed by atoms with Gasteiger partial charge in [-0.15, -0.1) is 0 Å². The van der Waals surface area contributed by atoms with Gasteiger partial charge in [0.05, 0.1) is 11.6 Å². The highest BCUT2D eigenvalue weighted by Gasteiger charge is 2.07. The number of hydrogen-bond acceptors (Lipinski definition) is 4. The number of halogens is 1. The molecule has 0 bridgehead atoms. The van der Waals surface area contributed by atoms with Crippen molar-refractivity contribution in [1.29, 1.82) is 5.26 Å². The minimum Gasteiger partial charge on any atom is -0.334 e. The zero-order valence-electron chi connectivity index (χ0n) is 11.4. The van der Waals surface area contributed by atoms with Crippen LogP contribution in [0.4, 0.5) is 4.39 Å². The first-order valence-electron chi connectivity index (χ1n) is 6.52. The number of nitrogens with zero attached hydrogens (tertiary/aromatic N) is 3. The molecular weight excluding hydrogens is 281 g/mol. The van der Waals surface area contributed by atoms with Crippen molar-refractivity contribution in [3.63, 3.8) is 0 Å². The summed E-state index contributed by atoms with van der Waals surface area (Å²) in [5, 5.41) is 12.7. The summed E-state index contributed by atoms with van der Waals surface area (Å²) in [6, 6.07) is 15.1. The number of nitriles is 1. The summed E-state index contributed by atoms with van der Waals surface area (Å²) in [6.45, 7) is 0. The maximum atomic E-state index is 12.8. The topological polar surface area (TPSA) is 62.7 Å². The molecule has 1 heterocycles. The van der Waals surface area contributed by atoms with E-state index in [0.29, 0.717) is 22.8 Å². The first-order valence-corrected chi connectivity index (χ1v) is 6.52. The second kappa shape index (κ2) is 6.02. The van der Waals surface area contributed by atoms with Gasteiger partial charge in [-0.1, -0.05) is 29.4 Å². The third-order valence-electron chi connectivity index (χ3n) is 2.98. The van der Waals surface area contributed by atoms with Crippen molar-refractivity contribution in [3.05, 3.63) is 71.3 Å². The van der Waals surface area contributed by atoms with Crippen LogP contribution in [0.3, 0.4) is 0 Å². The molecule has 0 atom stereocenters. The fraction of sp³-hybridized carbons (Fsp3) is 0. The molecule has 22 heavy (non-hydrogen) atoms. The third-order valence-corrected chi connectivity index (χ3v) is 2.98. The van der Waals surface area contributed by atoms with E-state index in [0.717, 1.165) is 5.56 Å². The van der Waals surface area contributed by atoms with Crippen LogP contribution in [0.15, 0.2) is 53.1 Å². The summed E-state index contributed by atoms with van der Waals surface area (Å²) in [4.78, 5) is 4.24. The van der Waals surface area contributed by atoms with Crippen molar-refractivity contribution in [2.24, 2.45) is 0 Å². The minimum atomic E-state index is -0.281. The predicted octanol–water partition coefficient (Wildman–Crippen LogP) is 3.92. The maximum absolute atomic E-state index is 12.8. The van der Waals surface area contributed by atoms with E-state index in [1.54, 1.807) is 48.6 Å². The molecule has 3 aromatic rings. The highest BCUT2D eigenvalue weighted by atomic mass is 19.1. The van der Waals surface area contributed by atoms with Gasteiger partial charge in [0.2, 0.25) is 0 Å². The van der Waals surface area contributed by atoms with Crippen molar-refractivity contribution in [3.8, 4) is 17.5 Å². The van der Waals surface area contributed by atoms with Gasteiger partial charge in [-0.3, -0.25) is 0 Å². The van der Waals surface area contributed by atoms with E-state index in [1.165, 1.54) is 12.1 Å². The molecule has 2 aromatic carbocycles. The first-order chi connectivity index (χ1) is 10.7. The SMILES string of the molecule is N#Cc1cccc(-c2nc(/C=C/c3ccc(F)cc3)no2)c1. The summed E-state index contributed by atoms with van der Waals surface area (Å²) in [5.41, 5.74) is 2.05. The van der Waals surface area contributed by atoms with Crippen LogP contribution in [0.25, 0.3) is 23.6 Å². The second-order valence-electron chi connectivity index (χ2n) is 4.54. The standard InChI is InChI=1S/C17H10FN3O/c18-15-7-4-12(5-8-15)6-9-16-20-17(22-21-16)14-3-1-2-13(10-14)11-19/h1-10H/b9-6+. The zero-order chi connectivity index (χ0) is 15.4. The molecule has 0 N–H and O–H groups in total. The van der Waals surface area contributed by atoms with Crippen LogP contribution < -0.4 is 0 Å². The van der Waals surface area contributed by atoms with E-state index in [4.69, 9.17) is 9.78 Å². The van der Waals surface area contributed by atoms with Crippen molar-refractivity contribution < 1.29 is 8.91 Å². The van der Waals surface area contributed by atoms with Gasteiger partial charge in [0.15, 0.2) is 5.82 Å². The molecule has 0 saturated heterocycles. The molecule has 5 heteroatoms. The van der Waals surface area contributed by atoms with Gasteiger partial charge in [-0.05, 0) is 42.0 Å². The molecule has 1 aromatic heterocycles. The highest BCUT2D eigenvalue weighted by Crippen LogP contribution is 2.19. The monoisotopic (exact) mass is 291 g/mol. The van der Waals surface area contributed by atoms with Crippen molar-refractivity contribution in [1.82, 2.24) is 10.1 Å². The molecule has 0 radical (unpaired) electrons. The minimum absolute atomic E-state index is 0.281. The Morgan fingerprint density at radius 1 is 1.09 bits per heavy atom. The average Bonchev–Trinajstić information content (AvgIpc) is 3.03. The van der Waals surface area contributed by atoms with Gasteiger partial charge in [-0.25, -0.2) is 4.39 Å². The van der Waals surface area contributed by atoms with Crippen LogP contribution in [0.1, 0.15) is 17.0 Å². The number of rotatable bonds is 3. The normalized spacial score (nSPS) is 10.7. The molecule has 0 fully saturated rings. The zero-order valence-corrected chi connectivity index (χ0v) is 11.4. The van der Waals surface area contributed by atoms with Crippen LogP contribution in [-0.2, 0) is 0 Å². The van der Waals surface area contributed by atoms with Crippen LogP contribution in [0, 0.1) is 17.1 Å². The summed E-state index contributed by atoms with van der Waals surface area (Å²) in [7, 11) is 0. The molecule has 3 rings (SSSR count). The molecule has 0 aliphatic rings. The van der Waals surface area contributed by atoms with Gasteiger partial charge in [0.25, 0.3) is 5.89 Å². The summed E-state index contributed by atoms with van der Waals surface area (Å²) in [6.07, 6.45) is 3.44. The summed E-state index contributed by atoms with van der Waals surface area (Å²) < 4.78 is 18.0. The fourth-order valence-corrected chi connectivity index (χ4v) is 1.89. The Bertz CT molecular complexity index is 860. The number of aromatic nitrogens is 2. The van der Waals surface area contributed by atoms with Crippen LogP contribution in [0.5, 0.6) is 0 Å². The third kappa shape index (κ3) is 3.07. The number of hydrogen-bond donors (Lipinski definition) is 0. The van der Waals surface area contributed by atoms with Crippen LogP contribution >= 0.6 is 0 Å². The fourth-order valence-electron chi connectivity index (χ4n) is 1.89.